The fourth-order valence-electron chi connectivity index (χ4n) is 9.83. The van der Waals surface area contributed by atoms with Crippen molar-refractivity contribution < 1.29 is 52.7 Å². The van der Waals surface area contributed by atoms with Crippen LogP contribution in [0.4, 0.5) is 4.79 Å². The number of nitrogens with one attached hydrogen (secondary N) is 4. The number of likely N-dealkylation sites (N-methyl/N-ethyl adjacent to an activating group) is 1. The summed E-state index contributed by atoms with van der Waals surface area (Å²) in [6.45, 7) is 6.21. The molecule has 6 atom stereocenters. The highest BCUT2D eigenvalue weighted by Crippen LogP contribution is 2.29. The molecule has 0 aromatic rings. The average Bonchev–Trinajstić information content (AvgIpc) is 4.12. The Labute approximate surface area is 367 Å². The van der Waals surface area contributed by atoms with Crippen LogP contribution < -0.4 is 21.3 Å². The zero-order valence-corrected chi connectivity index (χ0v) is 37.0. The van der Waals surface area contributed by atoms with Crippen LogP contribution in [0.1, 0.15) is 97.8 Å². The number of hydrogen-bond donors (Lipinski definition) is 4. The molecule has 0 unspecified atom stereocenters. The Kier molecular flexibility index (Phi) is 15.2. The summed E-state index contributed by atoms with van der Waals surface area (Å²) in [5, 5.41) is 10.3. The summed E-state index contributed by atoms with van der Waals surface area (Å²) in [6, 6.07) is -4.81. The highest BCUT2D eigenvalue weighted by atomic mass is 16.6. The molecule has 0 aliphatic carbocycles. The lowest BCUT2D eigenvalue weighted by atomic mass is 10.1. The molecule has 6 saturated heterocycles. The van der Waals surface area contributed by atoms with Gasteiger partial charge in [0.05, 0.1) is 19.6 Å². The van der Waals surface area contributed by atoms with Gasteiger partial charge >= 0.3 is 6.09 Å². The van der Waals surface area contributed by atoms with Gasteiger partial charge in [-0.15, -0.1) is 0 Å². The lowest BCUT2D eigenvalue weighted by Crippen LogP contribution is -2.56. The van der Waals surface area contributed by atoms with Crippen LogP contribution in [-0.4, -0.2) is 196 Å². The summed E-state index contributed by atoms with van der Waals surface area (Å²) >= 11 is 0. The maximum absolute atomic E-state index is 14.0. The Morgan fingerprint density at radius 2 is 0.746 bits per heavy atom. The van der Waals surface area contributed by atoms with Crippen LogP contribution in [0.5, 0.6) is 0 Å². The van der Waals surface area contributed by atoms with E-state index < -0.39 is 84.0 Å². The fourth-order valence-corrected chi connectivity index (χ4v) is 9.83. The van der Waals surface area contributed by atoms with E-state index in [9.17, 15) is 47.9 Å². The summed E-state index contributed by atoms with van der Waals surface area (Å²) in [5.41, 5.74) is -0.731. The first-order valence-corrected chi connectivity index (χ1v) is 22.5. The normalized spacial score (nSPS) is 25.9. The van der Waals surface area contributed by atoms with Crippen LogP contribution in [0.15, 0.2) is 0 Å². The second-order valence-corrected chi connectivity index (χ2v) is 18.2. The van der Waals surface area contributed by atoms with E-state index in [1.807, 2.05) is 0 Å². The van der Waals surface area contributed by atoms with Gasteiger partial charge in [-0.3, -0.25) is 48.1 Å². The smallest absolute Gasteiger partial charge is 0.410 e. The molecule has 63 heavy (non-hydrogen) atoms. The molecule has 21 nitrogen and oxygen atoms in total. The van der Waals surface area contributed by atoms with Crippen LogP contribution in [-0.2, 0) is 47.9 Å². The number of hydrogen-bond acceptors (Lipinski definition) is 11. The molecule has 0 aromatic heterocycles. The third kappa shape index (κ3) is 10.8. The van der Waals surface area contributed by atoms with E-state index in [2.05, 4.69) is 21.3 Å². The zero-order chi connectivity index (χ0) is 45.6. The number of nitrogens with zero attached hydrogens (tertiary/aromatic N) is 6. The molecule has 6 aliphatic heterocycles. The van der Waals surface area contributed by atoms with E-state index >= 15 is 0 Å². The highest BCUT2D eigenvalue weighted by molar-refractivity contribution is 5.98. The summed E-state index contributed by atoms with van der Waals surface area (Å²) < 4.78 is 5.51. The number of carbonyl (C=O) groups excluding carboxylic acids is 10. The Morgan fingerprint density at radius 3 is 1.10 bits per heavy atom. The monoisotopic (exact) mass is 884 g/mol. The molecule has 10 amide bonds. The quantitative estimate of drug-likeness (QED) is 0.175. The van der Waals surface area contributed by atoms with E-state index in [0.29, 0.717) is 103 Å². The largest absolute Gasteiger partial charge is 0.444 e. The van der Waals surface area contributed by atoms with Gasteiger partial charge < -0.3 is 50.5 Å². The number of carbonyl (C=O) groups is 10. The Balaban J connectivity index is 0.981. The van der Waals surface area contributed by atoms with E-state index in [4.69, 9.17) is 4.74 Å². The molecular weight excluding hydrogens is 821 g/mol. The minimum atomic E-state index is -0.866. The summed E-state index contributed by atoms with van der Waals surface area (Å²) in [6.07, 6.45) is 5.32. The van der Waals surface area contributed by atoms with Crippen molar-refractivity contribution in [3.8, 4) is 0 Å². The minimum Gasteiger partial charge on any atom is -0.444 e. The van der Waals surface area contributed by atoms with Crippen LogP contribution in [0.25, 0.3) is 0 Å². The first kappa shape index (κ1) is 47.0. The second-order valence-electron chi connectivity index (χ2n) is 18.2. The van der Waals surface area contributed by atoms with Crippen molar-refractivity contribution in [2.45, 2.75) is 140 Å². The van der Waals surface area contributed by atoms with Gasteiger partial charge in [0.25, 0.3) is 0 Å². The lowest BCUT2D eigenvalue weighted by Gasteiger charge is -2.32. The second kappa shape index (κ2) is 20.3. The minimum absolute atomic E-state index is 0.213. The van der Waals surface area contributed by atoms with Crippen molar-refractivity contribution in [3.63, 3.8) is 0 Å². The molecule has 0 radical (unpaired) electrons. The van der Waals surface area contributed by atoms with Crippen LogP contribution in [0.2, 0.25) is 0 Å². The fraction of sp³-hybridized carbons (Fsp3) is 0.762. The number of likely N-dealkylation sites (tertiary alicyclic amines) is 6. The molecule has 348 valence electrons. The predicted octanol–water partition coefficient (Wildman–Crippen LogP) is -1.56. The Bertz CT molecular complexity index is 1820. The molecule has 4 N–H and O–H groups in total. The number of ether oxygens (including phenoxy) is 1. The van der Waals surface area contributed by atoms with Gasteiger partial charge in [0.2, 0.25) is 53.2 Å². The summed E-state index contributed by atoms with van der Waals surface area (Å²) in [7, 11) is 1.46. The van der Waals surface area contributed by atoms with Gasteiger partial charge in [-0.1, -0.05) is 0 Å². The summed E-state index contributed by atoms with van der Waals surface area (Å²) in [5.74, 6) is -3.81. The standard InChI is InChI=1S/C42H64N10O11/c1-42(2,3)63-41(62)52-22-10-16-31(52)40(61)51-21-7-13-28(51)37(58)46-25-34(55)48-18-9-15-30(48)39(60)50-20-6-12-27(50)36(57)45-24-33(54)47-17-8-14-29(47)38(59)49-19-5-11-26(49)35(56)44-23-32(53)43-4/h26-31H,5-25H2,1-4H3,(H,43,53)(H,44,56)(H,45,57)(H,46,58)/t26-,27-,28-,29-,30-,31-/m0/s1. The number of amides is 10. The Hall–Kier alpha value is -5.50. The zero-order valence-electron chi connectivity index (χ0n) is 37.0. The molecule has 6 heterocycles. The molecular formula is C42H64N10O11. The van der Waals surface area contributed by atoms with Crippen LogP contribution >= 0.6 is 0 Å². The highest BCUT2D eigenvalue weighted by Gasteiger charge is 2.46. The van der Waals surface area contributed by atoms with Gasteiger partial charge in [-0.2, -0.15) is 0 Å². The molecule has 0 bridgehead atoms. The maximum Gasteiger partial charge on any atom is 0.410 e. The lowest BCUT2D eigenvalue weighted by molar-refractivity contribution is -0.148. The van der Waals surface area contributed by atoms with E-state index in [0.717, 1.165) is 0 Å². The van der Waals surface area contributed by atoms with Crippen LogP contribution in [0.3, 0.4) is 0 Å². The Morgan fingerprint density at radius 1 is 0.444 bits per heavy atom. The van der Waals surface area contributed by atoms with Gasteiger partial charge in [0.15, 0.2) is 0 Å². The van der Waals surface area contributed by atoms with Gasteiger partial charge in [-0.25, -0.2) is 4.79 Å². The predicted molar refractivity (Wildman–Crippen MR) is 223 cm³/mol. The van der Waals surface area contributed by atoms with E-state index in [-0.39, 0.29) is 49.8 Å². The first-order chi connectivity index (χ1) is 30.0. The van der Waals surface area contributed by atoms with E-state index in [1.165, 1.54) is 36.4 Å². The van der Waals surface area contributed by atoms with Crippen molar-refractivity contribution in [2.75, 3.05) is 66.0 Å². The first-order valence-electron chi connectivity index (χ1n) is 22.5. The molecule has 6 aliphatic rings. The average molecular weight is 885 g/mol. The van der Waals surface area contributed by atoms with Crippen molar-refractivity contribution in [3.05, 3.63) is 0 Å². The van der Waals surface area contributed by atoms with Crippen molar-refractivity contribution >= 4 is 59.3 Å². The van der Waals surface area contributed by atoms with E-state index in [1.54, 1.807) is 20.8 Å². The van der Waals surface area contributed by atoms with Gasteiger partial charge in [0, 0.05) is 46.3 Å². The molecule has 0 aromatic carbocycles. The number of rotatable bonds is 12. The van der Waals surface area contributed by atoms with Gasteiger partial charge in [0.1, 0.15) is 41.9 Å². The molecule has 21 heteroatoms. The maximum atomic E-state index is 14.0. The molecule has 0 saturated carbocycles. The SMILES string of the molecule is CNC(=O)CNC(=O)[C@@H]1CCCN1C(=O)[C@@H]1CCCN1C(=O)CNC(=O)[C@@H]1CCCN1C(=O)[C@@H]1CCCN1C(=O)CNC(=O)[C@@H]1CCCN1C(=O)[C@@H]1CCCN1C(=O)OC(C)(C)C. The van der Waals surface area contributed by atoms with Crippen molar-refractivity contribution in [2.24, 2.45) is 0 Å². The van der Waals surface area contributed by atoms with Crippen molar-refractivity contribution in [1.29, 1.82) is 0 Å². The third-order valence-electron chi connectivity index (χ3n) is 12.9. The summed E-state index contributed by atoms with van der Waals surface area (Å²) in [4.78, 5) is 141. The molecule has 6 fully saturated rings. The molecule has 0 spiro atoms. The third-order valence-corrected chi connectivity index (χ3v) is 12.9. The van der Waals surface area contributed by atoms with Crippen molar-refractivity contribution in [1.82, 2.24) is 50.7 Å². The molecule has 6 rings (SSSR count). The van der Waals surface area contributed by atoms with Gasteiger partial charge in [-0.05, 0) is 97.8 Å². The topological polar surface area (TPSA) is 247 Å². The van der Waals surface area contributed by atoms with Crippen LogP contribution in [0, 0.1) is 0 Å².